The number of hydrogen-bond acceptors (Lipinski definition) is 5. The Hall–Kier alpha value is -2.41. The average Bonchev–Trinajstić information content (AvgIpc) is 3.32. The predicted octanol–water partition coefficient (Wildman–Crippen LogP) is 7.93. The van der Waals surface area contributed by atoms with Crippen molar-refractivity contribution in [2.24, 2.45) is 5.41 Å². The SMILES string of the molecule is C=C(CC/C(C)=C\C)N(C)CC(C)(CC)COC.C=Cc1c(CNCC)cn(C(C)C)c1/C=C\C(C)OC.C=O. The van der Waals surface area contributed by atoms with Crippen LogP contribution in [0.2, 0.25) is 0 Å². The van der Waals surface area contributed by atoms with Gasteiger partial charge in [0.2, 0.25) is 0 Å². The molecule has 0 fully saturated rings. The molecule has 0 aromatic carbocycles. The average molecular weight is 560 g/mol. The van der Waals surface area contributed by atoms with Crippen molar-refractivity contribution in [1.29, 1.82) is 0 Å². The fourth-order valence-electron chi connectivity index (χ4n) is 4.12. The molecule has 0 aliphatic heterocycles. The minimum Gasteiger partial charge on any atom is -0.384 e. The lowest BCUT2D eigenvalue weighted by molar-refractivity contribution is -0.0980. The summed E-state index contributed by atoms with van der Waals surface area (Å²) in [6.07, 6.45) is 13.9. The minimum absolute atomic E-state index is 0.111. The van der Waals surface area contributed by atoms with Gasteiger partial charge in [-0.1, -0.05) is 57.7 Å². The molecule has 40 heavy (non-hydrogen) atoms. The Bertz CT molecular complexity index is 900. The number of nitrogens with one attached hydrogen (secondary N) is 1. The standard InChI is InChI=1S/C17H28N2O.C16H31NO.CH2O/c1-7-16-15(11-18-8-2)12-19(13(3)4)17(16)10-9-14(5)20-6;1-8-14(3)10-11-15(4)17(6)12-16(5,9-2)13-18-7;1-2/h7,9-10,12-14,18H,1,8,11H2,2-6H3;8H,4,9-13H2,1-3,5-7H3;1H2/b10-9-;14-8-;. The van der Waals surface area contributed by atoms with Crippen molar-refractivity contribution >= 4 is 18.9 Å². The molecule has 1 aromatic heterocycles. The maximum atomic E-state index is 8.00. The van der Waals surface area contributed by atoms with Crippen LogP contribution in [0, 0.1) is 5.41 Å². The van der Waals surface area contributed by atoms with Gasteiger partial charge in [0.1, 0.15) is 6.79 Å². The quantitative estimate of drug-likeness (QED) is 0.196. The van der Waals surface area contributed by atoms with Crippen LogP contribution in [0.25, 0.3) is 12.2 Å². The topological polar surface area (TPSA) is 55.7 Å². The van der Waals surface area contributed by atoms with Crippen molar-refractivity contribution < 1.29 is 14.3 Å². The molecule has 230 valence electrons. The molecule has 0 radical (unpaired) electrons. The monoisotopic (exact) mass is 559 g/mol. The van der Waals surface area contributed by atoms with E-state index in [-0.39, 0.29) is 11.5 Å². The van der Waals surface area contributed by atoms with Gasteiger partial charge in [0.05, 0.1) is 12.7 Å². The third-order valence-electron chi connectivity index (χ3n) is 7.22. The van der Waals surface area contributed by atoms with Crippen molar-refractivity contribution in [2.75, 3.05) is 41.0 Å². The van der Waals surface area contributed by atoms with Crippen molar-refractivity contribution in [1.82, 2.24) is 14.8 Å². The number of hydrogen-bond donors (Lipinski definition) is 1. The van der Waals surface area contributed by atoms with E-state index in [4.69, 9.17) is 14.3 Å². The number of carbonyl (C=O) groups excluding carboxylic acids is 1. The fourth-order valence-corrected chi connectivity index (χ4v) is 4.12. The zero-order valence-corrected chi connectivity index (χ0v) is 27.7. The lowest BCUT2D eigenvalue weighted by Crippen LogP contribution is -2.35. The summed E-state index contributed by atoms with van der Waals surface area (Å²) in [5.41, 5.74) is 6.56. The number of allylic oxidation sites excluding steroid dienone is 3. The lowest BCUT2D eigenvalue weighted by atomic mass is 9.88. The maximum absolute atomic E-state index is 8.00. The highest BCUT2D eigenvalue weighted by molar-refractivity contribution is 5.66. The number of ether oxygens (including phenoxy) is 2. The Labute approximate surface area is 247 Å². The van der Waals surface area contributed by atoms with E-state index in [1.165, 1.54) is 28.1 Å². The first-order chi connectivity index (χ1) is 18.9. The lowest BCUT2D eigenvalue weighted by Gasteiger charge is -2.34. The summed E-state index contributed by atoms with van der Waals surface area (Å²) < 4.78 is 12.9. The third-order valence-corrected chi connectivity index (χ3v) is 7.22. The van der Waals surface area contributed by atoms with Crippen LogP contribution in [-0.4, -0.2) is 63.3 Å². The van der Waals surface area contributed by atoms with Gasteiger partial charge in [-0.3, -0.25) is 0 Å². The normalized spacial score (nSPS) is 13.7. The zero-order chi connectivity index (χ0) is 31.3. The highest BCUT2D eigenvalue weighted by Crippen LogP contribution is 2.26. The van der Waals surface area contributed by atoms with Crippen molar-refractivity contribution in [3.8, 4) is 0 Å². The summed E-state index contributed by atoms with van der Waals surface area (Å²) in [6, 6.07) is 0.418. The molecule has 0 saturated carbocycles. The van der Waals surface area contributed by atoms with Crippen molar-refractivity contribution in [2.45, 2.75) is 93.3 Å². The van der Waals surface area contributed by atoms with E-state index in [1.54, 1.807) is 14.2 Å². The Morgan fingerprint density at radius 3 is 2.27 bits per heavy atom. The number of carbonyl (C=O) groups is 1. The van der Waals surface area contributed by atoms with Gasteiger partial charge in [0.25, 0.3) is 0 Å². The molecule has 0 saturated heterocycles. The van der Waals surface area contributed by atoms with Gasteiger partial charge in [0.15, 0.2) is 0 Å². The van der Waals surface area contributed by atoms with Gasteiger partial charge in [-0.05, 0) is 72.1 Å². The number of aromatic nitrogens is 1. The summed E-state index contributed by atoms with van der Waals surface area (Å²) in [6.45, 7) is 31.1. The van der Waals surface area contributed by atoms with Crippen LogP contribution < -0.4 is 5.32 Å². The van der Waals surface area contributed by atoms with E-state index in [0.29, 0.717) is 6.04 Å². The molecule has 0 aliphatic rings. The molecule has 1 heterocycles. The highest BCUT2D eigenvalue weighted by atomic mass is 16.5. The predicted molar refractivity (Wildman–Crippen MR) is 176 cm³/mol. The Morgan fingerprint density at radius 1 is 1.20 bits per heavy atom. The van der Waals surface area contributed by atoms with Gasteiger partial charge in [-0.2, -0.15) is 0 Å². The molecule has 6 heteroatoms. The van der Waals surface area contributed by atoms with E-state index in [0.717, 1.165) is 45.5 Å². The summed E-state index contributed by atoms with van der Waals surface area (Å²) in [7, 11) is 5.64. The maximum Gasteiger partial charge on any atom is 0.106 e. The Balaban J connectivity index is 0. The molecule has 0 amide bonds. The van der Waals surface area contributed by atoms with Crippen LogP contribution in [0.1, 0.15) is 97.5 Å². The molecule has 2 atom stereocenters. The van der Waals surface area contributed by atoms with Gasteiger partial charge in [-0.15, -0.1) is 0 Å². The van der Waals surface area contributed by atoms with Crippen molar-refractivity contribution in [3.05, 3.63) is 59.6 Å². The molecule has 1 aromatic rings. The van der Waals surface area contributed by atoms with Gasteiger partial charge in [-0.25, -0.2) is 0 Å². The largest absolute Gasteiger partial charge is 0.384 e. The van der Waals surface area contributed by atoms with Crippen LogP contribution in [0.4, 0.5) is 0 Å². The molecule has 2 unspecified atom stereocenters. The van der Waals surface area contributed by atoms with Crippen LogP contribution in [0.3, 0.4) is 0 Å². The second-order valence-electron chi connectivity index (χ2n) is 10.9. The van der Waals surface area contributed by atoms with Crippen molar-refractivity contribution in [3.63, 3.8) is 0 Å². The number of methoxy groups -OCH3 is 2. The zero-order valence-electron chi connectivity index (χ0n) is 27.7. The summed E-state index contributed by atoms with van der Waals surface area (Å²) in [5.74, 6) is 0. The summed E-state index contributed by atoms with van der Waals surface area (Å²) >= 11 is 0. The summed E-state index contributed by atoms with van der Waals surface area (Å²) in [4.78, 5) is 10.3. The van der Waals surface area contributed by atoms with E-state index in [2.05, 4.69) is 108 Å². The van der Waals surface area contributed by atoms with Gasteiger partial charge >= 0.3 is 0 Å². The van der Waals surface area contributed by atoms with E-state index in [9.17, 15) is 0 Å². The summed E-state index contributed by atoms with van der Waals surface area (Å²) in [5, 5.41) is 3.38. The second-order valence-corrected chi connectivity index (χ2v) is 10.9. The first-order valence-electron chi connectivity index (χ1n) is 14.5. The van der Waals surface area contributed by atoms with Crippen LogP contribution in [0.5, 0.6) is 0 Å². The minimum atomic E-state index is 0.111. The highest BCUT2D eigenvalue weighted by Gasteiger charge is 2.24. The first-order valence-corrected chi connectivity index (χ1v) is 14.5. The molecule has 1 N–H and O–H groups in total. The second kappa shape index (κ2) is 22.3. The third kappa shape index (κ3) is 14.8. The van der Waals surface area contributed by atoms with Gasteiger partial charge < -0.3 is 29.1 Å². The number of nitrogens with zero attached hydrogens (tertiary/aromatic N) is 2. The van der Waals surface area contributed by atoms with Crippen LogP contribution in [-0.2, 0) is 20.8 Å². The molecular formula is C34H61N3O3. The Morgan fingerprint density at radius 2 is 1.82 bits per heavy atom. The fraction of sp³-hybridized carbons (Fsp3) is 0.618. The van der Waals surface area contributed by atoms with E-state index >= 15 is 0 Å². The first kappa shape index (κ1) is 39.7. The van der Waals surface area contributed by atoms with Gasteiger partial charge in [0, 0.05) is 69.0 Å². The molecule has 0 aliphatic carbocycles. The Kier molecular flexibility index (Phi) is 22.1. The molecule has 1 rings (SSSR count). The van der Waals surface area contributed by atoms with E-state index < -0.39 is 0 Å². The molecule has 0 spiro atoms. The molecular weight excluding hydrogens is 498 g/mol. The smallest absolute Gasteiger partial charge is 0.106 e. The number of rotatable bonds is 17. The van der Waals surface area contributed by atoms with Crippen LogP contribution >= 0.6 is 0 Å². The van der Waals surface area contributed by atoms with E-state index in [1.807, 2.05) is 19.8 Å². The molecule has 6 nitrogen and oxygen atoms in total. The molecule has 0 bridgehead atoms. The van der Waals surface area contributed by atoms with Crippen LogP contribution in [0.15, 0.2) is 42.8 Å².